The Balaban J connectivity index is 1.28. The number of aryl methyl sites for hydroxylation is 1. The summed E-state index contributed by atoms with van der Waals surface area (Å²) in [5.41, 5.74) is 3.52. The summed E-state index contributed by atoms with van der Waals surface area (Å²) >= 11 is 0. The van der Waals surface area contributed by atoms with Crippen molar-refractivity contribution in [3.8, 4) is 0 Å². The van der Waals surface area contributed by atoms with E-state index in [1.54, 1.807) is 16.8 Å². The van der Waals surface area contributed by atoms with Gasteiger partial charge in [-0.05, 0) is 40.8 Å². The zero-order valence-electron chi connectivity index (χ0n) is 25.4. The molecule has 6 rings (SSSR count). The van der Waals surface area contributed by atoms with Gasteiger partial charge >= 0.3 is 0 Å². The molecule has 1 aliphatic heterocycles. The summed E-state index contributed by atoms with van der Waals surface area (Å²) < 4.78 is 1.94. The van der Waals surface area contributed by atoms with Crippen molar-refractivity contribution in [1.29, 1.82) is 0 Å². The van der Waals surface area contributed by atoms with E-state index in [9.17, 15) is 14.4 Å². The van der Waals surface area contributed by atoms with Crippen molar-refractivity contribution in [1.82, 2.24) is 19.7 Å². The molecule has 3 amide bonds. The van der Waals surface area contributed by atoms with Crippen LogP contribution in [0.5, 0.6) is 0 Å². The third-order valence-electron chi connectivity index (χ3n) is 8.95. The van der Waals surface area contributed by atoms with Crippen molar-refractivity contribution >= 4 is 39.4 Å². The molecule has 1 aromatic heterocycles. The van der Waals surface area contributed by atoms with Crippen molar-refractivity contribution in [2.24, 2.45) is 7.05 Å². The van der Waals surface area contributed by atoms with Gasteiger partial charge in [-0.3, -0.25) is 14.4 Å². The molecule has 224 valence electrons. The van der Waals surface area contributed by atoms with Crippen LogP contribution in [0.25, 0.3) is 21.7 Å². The number of likely N-dealkylation sites (N-methyl/N-ethyl adjacent to an activating group) is 1. The van der Waals surface area contributed by atoms with Crippen LogP contribution < -0.4 is 5.32 Å². The molecule has 4 aromatic carbocycles. The first-order valence-corrected chi connectivity index (χ1v) is 15.2. The standard InChI is InChI=1S/C37H38N4O3/c1-25(28-20-19-27-14-7-8-15-29(27)22-28)34(37(44)40(3)23-26-12-5-4-6-13-26)38-35(42)33-18-11-21-41(33)36(43)31-24-39(2)32-17-10-9-16-30(31)32/h4-10,12-17,19-20,22,24-25,33-34H,11,18,21,23H2,1-3H3,(H,38,42)/t25?,33-,34?/m0/s1. The first-order chi connectivity index (χ1) is 21.3. The number of carbonyl (C=O) groups excluding carboxylic acids is 3. The van der Waals surface area contributed by atoms with Gasteiger partial charge in [0.2, 0.25) is 11.8 Å². The molecule has 0 radical (unpaired) electrons. The molecular formula is C37H38N4O3. The minimum atomic E-state index is -0.813. The van der Waals surface area contributed by atoms with Gasteiger partial charge in [0.05, 0.1) is 5.56 Å². The zero-order chi connectivity index (χ0) is 30.8. The molecular weight excluding hydrogens is 548 g/mol. The van der Waals surface area contributed by atoms with Crippen LogP contribution in [0.3, 0.4) is 0 Å². The predicted octanol–water partition coefficient (Wildman–Crippen LogP) is 5.88. The summed E-state index contributed by atoms with van der Waals surface area (Å²) in [5, 5.41) is 6.18. The Morgan fingerprint density at radius 2 is 1.61 bits per heavy atom. The molecule has 1 fully saturated rings. The second-order valence-corrected chi connectivity index (χ2v) is 11.9. The predicted molar refractivity (Wildman–Crippen MR) is 174 cm³/mol. The fraction of sp³-hybridized carbons (Fsp3) is 0.270. The van der Waals surface area contributed by atoms with Gasteiger partial charge in [0.1, 0.15) is 12.1 Å². The molecule has 0 aliphatic carbocycles. The number of likely N-dealkylation sites (tertiary alicyclic amines) is 1. The Morgan fingerprint density at radius 3 is 2.41 bits per heavy atom. The highest BCUT2D eigenvalue weighted by Gasteiger charge is 2.39. The van der Waals surface area contributed by atoms with Gasteiger partial charge in [-0.25, -0.2) is 0 Å². The molecule has 1 saturated heterocycles. The minimum absolute atomic E-state index is 0.161. The number of fused-ring (bicyclic) bond motifs is 2. The van der Waals surface area contributed by atoms with E-state index in [4.69, 9.17) is 0 Å². The van der Waals surface area contributed by atoms with Crippen LogP contribution in [0.15, 0.2) is 103 Å². The summed E-state index contributed by atoms with van der Waals surface area (Å²) in [6.45, 7) is 2.90. The number of amides is 3. The lowest BCUT2D eigenvalue weighted by atomic mass is 9.90. The minimum Gasteiger partial charge on any atom is -0.350 e. The third-order valence-corrected chi connectivity index (χ3v) is 8.95. The number of aromatic nitrogens is 1. The maximum absolute atomic E-state index is 14.1. The fourth-order valence-electron chi connectivity index (χ4n) is 6.46. The van der Waals surface area contributed by atoms with E-state index >= 15 is 0 Å². The monoisotopic (exact) mass is 586 g/mol. The number of carbonyl (C=O) groups is 3. The van der Waals surface area contributed by atoms with Gasteiger partial charge in [-0.1, -0.05) is 97.9 Å². The Bertz CT molecular complexity index is 1830. The van der Waals surface area contributed by atoms with Gasteiger partial charge in [-0.15, -0.1) is 0 Å². The number of hydrogen-bond acceptors (Lipinski definition) is 3. The number of rotatable bonds is 8. The number of nitrogens with zero attached hydrogens (tertiary/aromatic N) is 3. The summed E-state index contributed by atoms with van der Waals surface area (Å²) in [7, 11) is 3.69. The molecule has 2 heterocycles. The van der Waals surface area contributed by atoms with E-state index in [-0.39, 0.29) is 23.6 Å². The molecule has 44 heavy (non-hydrogen) atoms. The van der Waals surface area contributed by atoms with Gasteiger partial charge in [0.15, 0.2) is 0 Å². The molecule has 0 saturated carbocycles. The van der Waals surface area contributed by atoms with Gasteiger partial charge in [0.25, 0.3) is 5.91 Å². The highest BCUT2D eigenvalue weighted by atomic mass is 16.2. The topological polar surface area (TPSA) is 74.6 Å². The first-order valence-electron chi connectivity index (χ1n) is 15.2. The number of hydrogen-bond donors (Lipinski definition) is 1. The molecule has 1 aliphatic rings. The van der Waals surface area contributed by atoms with Crippen molar-refractivity contribution in [3.05, 3.63) is 120 Å². The molecule has 2 unspecified atom stereocenters. The van der Waals surface area contributed by atoms with E-state index in [2.05, 4.69) is 29.6 Å². The van der Waals surface area contributed by atoms with E-state index in [1.165, 1.54) is 0 Å². The summed E-state index contributed by atoms with van der Waals surface area (Å²) in [6, 6.07) is 30.4. The van der Waals surface area contributed by atoms with E-state index < -0.39 is 12.1 Å². The third kappa shape index (κ3) is 5.70. The molecule has 0 bridgehead atoms. The quantitative estimate of drug-likeness (QED) is 0.247. The highest BCUT2D eigenvalue weighted by molar-refractivity contribution is 6.08. The Morgan fingerprint density at radius 1 is 0.909 bits per heavy atom. The second-order valence-electron chi connectivity index (χ2n) is 11.9. The summed E-state index contributed by atoms with van der Waals surface area (Å²) in [4.78, 5) is 45.3. The smallest absolute Gasteiger partial charge is 0.256 e. The Hall–Kier alpha value is -4.91. The van der Waals surface area contributed by atoms with Crippen LogP contribution in [0.2, 0.25) is 0 Å². The molecule has 7 heteroatoms. The van der Waals surface area contributed by atoms with E-state index in [1.807, 2.05) is 97.5 Å². The molecule has 7 nitrogen and oxygen atoms in total. The Labute approximate surface area is 258 Å². The van der Waals surface area contributed by atoms with E-state index in [0.29, 0.717) is 25.1 Å². The summed E-state index contributed by atoms with van der Waals surface area (Å²) in [5.74, 6) is -0.938. The largest absolute Gasteiger partial charge is 0.350 e. The lowest BCUT2D eigenvalue weighted by Crippen LogP contribution is -2.55. The Kier molecular flexibility index (Phi) is 8.20. The highest BCUT2D eigenvalue weighted by Crippen LogP contribution is 2.28. The van der Waals surface area contributed by atoms with Crippen molar-refractivity contribution in [3.63, 3.8) is 0 Å². The van der Waals surface area contributed by atoms with Crippen LogP contribution in [0.1, 0.15) is 47.2 Å². The summed E-state index contributed by atoms with van der Waals surface area (Å²) in [6.07, 6.45) is 3.11. The maximum Gasteiger partial charge on any atom is 0.256 e. The molecule has 1 N–H and O–H groups in total. The van der Waals surface area contributed by atoms with Crippen molar-refractivity contribution in [2.45, 2.75) is 44.3 Å². The maximum atomic E-state index is 14.1. The molecule has 3 atom stereocenters. The normalized spacial score (nSPS) is 16.2. The number of para-hydroxylation sites is 1. The first kappa shape index (κ1) is 29.2. The van der Waals surface area contributed by atoms with Crippen LogP contribution in [-0.4, -0.2) is 57.8 Å². The van der Waals surface area contributed by atoms with Crippen LogP contribution >= 0.6 is 0 Å². The van der Waals surface area contributed by atoms with Gasteiger partial charge < -0.3 is 19.7 Å². The van der Waals surface area contributed by atoms with Gasteiger partial charge in [-0.2, -0.15) is 0 Å². The van der Waals surface area contributed by atoms with Crippen LogP contribution in [0.4, 0.5) is 0 Å². The SMILES string of the molecule is CC(c1ccc2ccccc2c1)C(NC(=O)[C@@H]1CCCN1C(=O)c1cn(C)c2ccccc12)C(=O)N(C)Cc1ccccc1. The number of benzene rings is 4. The zero-order valence-corrected chi connectivity index (χ0v) is 25.4. The fourth-order valence-corrected chi connectivity index (χ4v) is 6.46. The second kappa shape index (κ2) is 12.4. The average molecular weight is 587 g/mol. The van der Waals surface area contributed by atoms with Gasteiger partial charge in [0, 0.05) is 50.2 Å². The lowest BCUT2D eigenvalue weighted by molar-refractivity contribution is -0.137. The average Bonchev–Trinajstić information content (AvgIpc) is 3.68. The van der Waals surface area contributed by atoms with E-state index in [0.717, 1.165) is 39.2 Å². The number of nitrogens with one attached hydrogen (secondary N) is 1. The van der Waals surface area contributed by atoms with Crippen molar-refractivity contribution in [2.75, 3.05) is 13.6 Å². The lowest BCUT2D eigenvalue weighted by Gasteiger charge is -2.31. The van der Waals surface area contributed by atoms with Crippen LogP contribution in [-0.2, 0) is 23.2 Å². The van der Waals surface area contributed by atoms with Crippen LogP contribution in [0, 0.1) is 0 Å². The van der Waals surface area contributed by atoms with Crippen molar-refractivity contribution < 1.29 is 14.4 Å². The molecule has 0 spiro atoms. The molecule has 5 aromatic rings.